The molecule has 2 N–H and O–H groups in total. The number of aryl methyl sites for hydroxylation is 2. The average molecular weight is 363 g/mol. The number of amides is 2. The number of nitrogens with one attached hydrogen (secondary N) is 2. The van der Waals surface area contributed by atoms with Crippen LogP contribution in [0.4, 0.5) is 10.5 Å². The molecule has 5 heteroatoms. The van der Waals surface area contributed by atoms with Crippen molar-refractivity contribution in [1.29, 1.82) is 0 Å². The van der Waals surface area contributed by atoms with Crippen molar-refractivity contribution in [3.05, 3.63) is 58.1 Å². The summed E-state index contributed by atoms with van der Waals surface area (Å²) in [6.45, 7) is 4.91. The van der Waals surface area contributed by atoms with Gasteiger partial charge in [-0.1, -0.05) is 22.0 Å². The molecule has 2 aromatic rings. The molecule has 2 rings (SSSR count). The van der Waals surface area contributed by atoms with Gasteiger partial charge in [-0.3, -0.25) is 0 Å². The van der Waals surface area contributed by atoms with Crippen molar-refractivity contribution in [2.75, 3.05) is 18.5 Å². The summed E-state index contributed by atoms with van der Waals surface area (Å²) in [6.07, 6.45) is 0. The van der Waals surface area contributed by atoms with Crippen LogP contribution in [0.15, 0.2) is 46.9 Å². The fourth-order valence-corrected chi connectivity index (χ4v) is 2.12. The van der Waals surface area contributed by atoms with Gasteiger partial charge in [-0.2, -0.15) is 0 Å². The van der Waals surface area contributed by atoms with Gasteiger partial charge >= 0.3 is 6.03 Å². The number of benzene rings is 2. The Morgan fingerprint density at radius 3 is 2.50 bits per heavy atom. The van der Waals surface area contributed by atoms with Crippen molar-refractivity contribution in [3.8, 4) is 5.75 Å². The third-order valence-electron chi connectivity index (χ3n) is 3.23. The SMILES string of the molecule is Cc1ccc(NC(=O)NCCOc2ccc(Br)cc2)cc1C. The lowest BCUT2D eigenvalue weighted by Crippen LogP contribution is -2.32. The van der Waals surface area contributed by atoms with Crippen LogP contribution in [-0.4, -0.2) is 19.2 Å². The van der Waals surface area contributed by atoms with Crippen LogP contribution in [0.5, 0.6) is 5.75 Å². The van der Waals surface area contributed by atoms with Gasteiger partial charge in [0.15, 0.2) is 0 Å². The summed E-state index contributed by atoms with van der Waals surface area (Å²) < 4.78 is 6.54. The van der Waals surface area contributed by atoms with E-state index >= 15 is 0 Å². The predicted octanol–water partition coefficient (Wildman–Crippen LogP) is 4.27. The summed E-state index contributed by atoms with van der Waals surface area (Å²) in [7, 11) is 0. The van der Waals surface area contributed by atoms with Crippen molar-refractivity contribution >= 4 is 27.6 Å². The minimum Gasteiger partial charge on any atom is -0.492 e. The second-order valence-electron chi connectivity index (χ2n) is 4.98. The minimum atomic E-state index is -0.234. The maximum absolute atomic E-state index is 11.8. The second kappa shape index (κ2) is 7.84. The largest absolute Gasteiger partial charge is 0.492 e. The van der Waals surface area contributed by atoms with Crippen LogP contribution in [0.1, 0.15) is 11.1 Å². The summed E-state index contributed by atoms with van der Waals surface area (Å²) in [5.74, 6) is 0.777. The molecule has 0 aliphatic rings. The predicted molar refractivity (Wildman–Crippen MR) is 92.6 cm³/mol. The molecule has 2 amide bonds. The Labute approximate surface area is 139 Å². The Hall–Kier alpha value is -2.01. The Balaban J connectivity index is 1.71. The van der Waals surface area contributed by atoms with Crippen LogP contribution in [-0.2, 0) is 0 Å². The lowest BCUT2D eigenvalue weighted by molar-refractivity contribution is 0.247. The number of hydrogen-bond acceptors (Lipinski definition) is 2. The number of anilines is 1. The zero-order chi connectivity index (χ0) is 15.9. The number of hydrogen-bond donors (Lipinski definition) is 2. The Morgan fingerprint density at radius 1 is 1.09 bits per heavy atom. The molecule has 0 aliphatic heterocycles. The average Bonchev–Trinajstić information content (AvgIpc) is 2.49. The lowest BCUT2D eigenvalue weighted by atomic mass is 10.1. The first-order valence-corrected chi connectivity index (χ1v) is 7.84. The van der Waals surface area contributed by atoms with E-state index in [1.54, 1.807) is 0 Å². The van der Waals surface area contributed by atoms with Crippen LogP contribution in [0.2, 0.25) is 0 Å². The molecule has 0 spiro atoms. The summed E-state index contributed by atoms with van der Waals surface area (Å²) in [6, 6.07) is 13.2. The van der Waals surface area contributed by atoms with Crippen LogP contribution in [0.3, 0.4) is 0 Å². The zero-order valence-electron chi connectivity index (χ0n) is 12.7. The van der Waals surface area contributed by atoms with E-state index in [0.29, 0.717) is 13.2 Å². The Bertz CT molecular complexity index is 642. The van der Waals surface area contributed by atoms with Crippen LogP contribution in [0, 0.1) is 13.8 Å². The van der Waals surface area contributed by atoms with Gasteiger partial charge in [0.2, 0.25) is 0 Å². The number of urea groups is 1. The summed E-state index contributed by atoms with van der Waals surface area (Å²) in [5.41, 5.74) is 3.14. The molecule has 4 nitrogen and oxygen atoms in total. The smallest absolute Gasteiger partial charge is 0.319 e. The van der Waals surface area contributed by atoms with Gasteiger partial charge in [0.05, 0.1) is 6.54 Å². The molecule has 2 aromatic carbocycles. The molecular weight excluding hydrogens is 344 g/mol. The molecule has 0 atom stereocenters. The van der Waals surface area contributed by atoms with E-state index in [2.05, 4.69) is 26.6 Å². The third-order valence-corrected chi connectivity index (χ3v) is 3.76. The number of ether oxygens (including phenoxy) is 1. The molecule has 0 radical (unpaired) electrons. The first-order chi connectivity index (χ1) is 10.5. The van der Waals surface area contributed by atoms with Crippen molar-refractivity contribution in [1.82, 2.24) is 5.32 Å². The highest BCUT2D eigenvalue weighted by molar-refractivity contribution is 9.10. The molecule has 0 aromatic heterocycles. The lowest BCUT2D eigenvalue weighted by Gasteiger charge is -2.10. The minimum absolute atomic E-state index is 0.234. The van der Waals surface area contributed by atoms with Crippen LogP contribution >= 0.6 is 15.9 Å². The number of carbonyl (C=O) groups excluding carboxylic acids is 1. The van der Waals surface area contributed by atoms with Gasteiger partial charge in [-0.25, -0.2) is 4.79 Å². The maximum Gasteiger partial charge on any atom is 0.319 e. The van der Waals surface area contributed by atoms with Gasteiger partial charge < -0.3 is 15.4 Å². The first-order valence-electron chi connectivity index (χ1n) is 7.05. The highest BCUT2D eigenvalue weighted by Gasteiger charge is 2.02. The number of carbonyl (C=O) groups is 1. The van der Waals surface area contributed by atoms with Gasteiger partial charge in [-0.15, -0.1) is 0 Å². The summed E-state index contributed by atoms with van der Waals surface area (Å²) >= 11 is 3.37. The highest BCUT2D eigenvalue weighted by atomic mass is 79.9. The highest BCUT2D eigenvalue weighted by Crippen LogP contribution is 2.16. The van der Waals surface area contributed by atoms with Crippen molar-refractivity contribution in [2.45, 2.75) is 13.8 Å². The van der Waals surface area contributed by atoms with Crippen molar-refractivity contribution in [2.24, 2.45) is 0 Å². The second-order valence-corrected chi connectivity index (χ2v) is 5.90. The molecule has 0 saturated heterocycles. The first kappa shape index (κ1) is 16.4. The third kappa shape index (κ3) is 5.07. The quantitative estimate of drug-likeness (QED) is 0.780. The summed E-state index contributed by atoms with van der Waals surface area (Å²) in [4.78, 5) is 11.8. The van der Waals surface area contributed by atoms with E-state index in [0.717, 1.165) is 21.5 Å². The van der Waals surface area contributed by atoms with Crippen molar-refractivity contribution < 1.29 is 9.53 Å². The topological polar surface area (TPSA) is 50.4 Å². The molecule has 0 aliphatic carbocycles. The fraction of sp³-hybridized carbons (Fsp3) is 0.235. The Morgan fingerprint density at radius 2 is 1.82 bits per heavy atom. The molecule has 0 bridgehead atoms. The molecule has 0 unspecified atom stereocenters. The summed E-state index contributed by atoms with van der Waals surface area (Å²) in [5, 5.41) is 5.57. The molecule has 0 saturated carbocycles. The van der Waals surface area contributed by atoms with E-state index in [1.807, 2.05) is 56.3 Å². The van der Waals surface area contributed by atoms with E-state index in [9.17, 15) is 4.79 Å². The van der Waals surface area contributed by atoms with E-state index in [-0.39, 0.29) is 6.03 Å². The van der Waals surface area contributed by atoms with E-state index in [1.165, 1.54) is 5.56 Å². The maximum atomic E-state index is 11.8. The normalized spacial score (nSPS) is 10.1. The van der Waals surface area contributed by atoms with Gasteiger partial charge in [-0.05, 0) is 61.4 Å². The van der Waals surface area contributed by atoms with E-state index < -0.39 is 0 Å². The van der Waals surface area contributed by atoms with Gasteiger partial charge in [0.1, 0.15) is 12.4 Å². The monoisotopic (exact) mass is 362 g/mol. The standard InChI is InChI=1S/C17H19BrN2O2/c1-12-3-6-15(11-13(12)2)20-17(21)19-9-10-22-16-7-4-14(18)5-8-16/h3-8,11H,9-10H2,1-2H3,(H2,19,20,21). The zero-order valence-corrected chi connectivity index (χ0v) is 14.2. The van der Waals surface area contributed by atoms with Gasteiger partial charge in [0.25, 0.3) is 0 Å². The van der Waals surface area contributed by atoms with Crippen molar-refractivity contribution in [3.63, 3.8) is 0 Å². The Kier molecular flexibility index (Phi) is 5.83. The molecular formula is C17H19BrN2O2. The fourth-order valence-electron chi connectivity index (χ4n) is 1.86. The number of rotatable bonds is 5. The molecule has 0 heterocycles. The van der Waals surface area contributed by atoms with E-state index in [4.69, 9.17) is 4.74 Å². The number of halogens is 1. The molecule has 22 heavy (non-hydrogen) atoms. The van der Waals surface area contributed by atoms with Gasteiger partial charge in [0, 0.05) is 10.2 Å². The molecule has 116 valence electrons. The molecule has 0 fully saturated rings. The van der Waals surface area contributed by atoms with Crippen LogP contribution < -0.4 is 15.4 Å². The van der Waals surface area contributed by atoms with Crippen LogP contribution in [0.25, 0.3) is 0 Å².